The second kappa shape index (κ2) is 8.98. The molecule has 0 heterocycles. The molecule has 0 saturated carbocycles. The average molecular weight is 232 g/mol. The SMILES string of the molecule is CCC(=O)CCCCCCCc1ccccc1. The number of unbranched alkanes of at least 4 members (excludes halogenated alkanes) is 4. The lowest BCUT2D eigenvalue weighted by molar-refractivity contribution is -0.118. The molecule has 1 nitrogen and oxygen atoms in total. The van der Waals surface area contributed by atoms with Gasteiger partial charge < -0.3 is 0 Å². The summed E-state index contributed by atoms with van der Waals surface area (Å²) in [6, 6.07) is 10.7. The summed E-state index contributed by atoms with van der Waals surface area (Å²) >= 11 is 0. The summed E-state index contributed by atoms with van der Waals surface area (Å²) in [6.07, 6.45) is 8.79. The smallest absolute Gasteiger partial charge is 0.132 e. The van der Waals surface area contributed by atoms with Crippen molar-refractivity contribution in [2.75, 3.05) is 0 Å². The van der Waals surface area contributed by atoms with Crippen molar-refractivity contribution in [3.05, 3.63) is 35.9 Å². The van der Waals surface area contributed by atoms with Gasteiger partial charge in [0, 0.05) is 12.8 Å². The highest BCUT2D eigenvalue weighted by Crippen LogP contribution is 2.10. The Bertz CT molecular complexity index is 303. The van der Waals surface area contributed by atoms with E-state index >= 15 is 0 Å². The maximum absolute atomic E-state index is 11.1. The standard InChI is InChI=1S/C16H24O/c1-2-16(17)14-10-5-3-4-7-11-15-12-8-6-9-13-15/h6,8-9,12-13H,2-5,7,10-11,14H2,1H3. The molecule has 0 bridgehead atoms. The predicted molar refractivity (Wildman–Crippen MR) is 73.1 cm³/mol. The van der Waals surface area contributed by atoms with Gasteiger partial charge in [0.1, 0.15) is 5.78 Å². The van der Waals surface area contributed by atoms with E-state index in [0.717, 1.165) is 12.8 Å². The molecule has 0 spiro atoms. The fraction of sp³-hybridized carbons (Fsp3) is 0.562. The largest absolute Gasteiger partial charge is 0.300 e. The molecular weight excluding hydrogens is 208 g/mol. The highest BCUT2D eigenvalue weighted by molar-refractivity contribution is 5.77. The summed E-state index contributed by atoms with van der Waals surface area (Å²) in [5.74, 6) is 0.411. The fourth-order valence-electron chi connectivity index (χ4n) is 2.00. The van der Waals surface area contributed by atoms with Crippen LogP contribution in [0.1, 0.15) is 57.4 Å². The molecule has 0 aromatic heterocycles. The number of aryl methyl sites for hydroxylation is 1. The third-order valence-corrected chi connectivity index (χ3v) is 3.16. The van der Waals surface area contributed by atoms with Crippen molar-refractivity contribution >= 4 is 5.78 Å². The Hall–Kier alpha value is -1.11. The second-order valence-corrected chi connectivity index (χ2v) is 4.65. The zero-order valence-corrected chi connectivity index (χ0v) is 11.0. The van der Waals surface area contributed by atoms with Crippen LogP contribution in [0.4, 0.5) is 0 Å². The van der Waals surface area contributed by atoms with E-state index in [-0.39, 0.29) is 0 Å². The minimum atomic E-state index is 0.411. The number of benzene rings is 1. The minimum Gasteiger partial charge on any atom is -0.300 e. The number of carbonyl (C=O) groups excluding carboxylic acids is 1. The molecule has 1 aromatic carbocycles. The highest BCUT2D eigenvalue weighted by atomic mass is 16.1. The van der Waals surface area contributed by atoms with Gasteiger partial charge in [-0.3, -0.25) is 4.79 Å². The molecule has 0 unspecified atom stereocenters. The molecule has 1 aromatic rings. The molecule has 0 saturated heterocycles. The van der Waals surface area contributed by atoms with Crippen molar-refractivity contribution in [1.29, 1.82) is 0 Å². The number of Topliss-reactive ketones (excluding diaryl/α,β-unsaturated/α-hetero) is 1. The lowest BCUT2D eigenvalue weighted by atomic mass is 10.0. The normalized spacial score (nSPS) is 10.4. The Labute approximate surface area is 105 Å². The van der Waals surface area contributed by atoms with Gasteiger partial charge in [0.25, 0.3) is 0 Å². The van der Waals surface area contributed by atoms with Crippen LogP contribution in [0.15, 0.2) is 30.3 Å². The summed E-state index contributed by atoms with van der Waals surface area (Å²) in [6.45, 7) is 1.95. The van der Waals surface area contributed by atoms with Crippen LogP contribution in [0.25, 0.3) is 0 Å². The van der Waals surface area contributed by atoms with Crippen molar-refractivity contribution in [2.45, 2.75) is 58.3 Å². The first kappa shape index (κ1) is 14.0. The van der Waals surface area contributed by atoms with Gasteiger partial charge in [-0.2, -0.15) is 0 Å². The maximum atomic E-state index is 11.1. The van der Waals surface area contributed by atoms with Gasteiger partial charge in [0.2, 0.25) is 0 Å². The Morgan fingerprint density at radius 2 is 1.59 bits per heavy atom. The number of hydrogen-bond donors (Lipinski definition) is 0. The van der Waals surface area contributed by atoms with Crippen molar-refractivity contribution < 1.29 is 4.79 Å². The van der Waals surface area contributed by atoms with Crippen molar-refractivity contribution in [3.8, 4) is 0 Å². The molecule has 0 aliphatic carbocycles. The van der Waals surface area contributed by atoms with Gasteiger partial charge in [0.15, 0.2) is 0 Å². The number of hydrogen-bond acceptors (Lipinski definition) is 1. The monoisotopic (exact) mass is 232 g/mol. The number of ketones is 1. The molecule has 0 radical (unpaired) electrons. The lowest BCUT2D eigenvalue weighted by Gasteiger charge is -2.02. The predicted octanol–water partition coefficient (Wildman–Crippen LogP) is 4.55. The van der Waals surface area contributed by atoms with Crippen LogP contribution >= 0.6 is 0 Å². The molecule has 1 rings (SSSR count). The number of rotatable bonds is 9. The summed E-state index contributed by atoms with van der Waals surface area (Å²) in [5, 5.41) is 0. The molecule has 0 N–H and O–H groups in total. The highest BCUT2D eigenvalue weighted by Gasteiger charge is 1.98. The summed E-state index contributed by atoms with van der Waals surface area (Å²) in [4.78, 5) is 11.1. The Morgan fingerprint density at radius 1 is 0.941 bits per heavy atom. The summed E-state index contributed by atoms with van der Waals surface area (Å²) < 4.78 is 0. The van der Waals surface area contributed by atoms with Gasteiger partial charge in [-0.1, -0.05) is 56.5 Å². The Kier molecular flexibility index (Phi) is 7.37. The van der Waals surface area contributed by atoms with Crippen LogP contribution in [-0.2, 0) is 11.2 Å². The van der Waals surface area contributed by atoms with E-state index in [1.54, 1.807) is 0 Å². The second-order valence-electron chi connectivity index (χ2n) is 4.65. The van der Waals surface area contributed by atoms with Crippen LogP contribution in [-0.4, -0.2) is 5.78 Å². The van der Waals surface area contributed by atoms with E-state index in [1.807, 2.05) is 6.92 Å². The van der Waals surface area contributed by atoms with Gasteiger partial charge in [-0.15, -0.1) is 0 Å². The van der Waals surface area contributed by atoms with Gasteiger partial charge in [-0.05, 0) is 24.8 Å². The molecule has 94 valence electrons. The zero-order valence-electron chi connectivity index (χ0n) is 11.0. The fourth-order valence-corrected chi connectivity index (χ4v) is 2.00. The van der Waals surface area contributed by atoms with Crippen molar-refractivity contribution in [1.82, 2.24) is 0 Å². The first-order valence-electron chi connectivity index (χ1n) is 6.88. The van der Waals surface area contributed by atoms with Crippen LogP contribution in [0.5, 0.6) is 0 Å². The Morgan fingerprint density at radius 3 is 2.29 bits per heavy atom. The quantitative estimate of drug-likeness (QED) is 0.571. The lowest BCUT2D eigenvalue weighted by Crippen LogP contribution is -1.94. The van der Waals surface area contributed by atoms with E-state index < -0.39 is 0 Å². The Balaban J connectivity index is 1.93. The average Bonchev–Trinajstić information content (AvgIpc) is 2.38. The molecule has 0 atom stereocenters. The van der Waals surface area contributed by atoms with Crippen LogP contribution in [0.2, 0.25) is 0 Å². The van der Waals surface area contributed by atoms with Gasteiger partial charge >= 0.3 is 0 Å². The molecule has 17 heavy (non-hydrogen) atoms. The van der Waals surface area contributed by atoms with E-state index in [9.17, 15) is 4.79 Å². The van der Waals surface area contributed by atoms with Crippen LogP contribution in [0.3, 0.4) is 0 Å². The summed E-state index contributed by atoms with van der Waals surface area (Å²) in [5.41, 5.74) is 1.44. The third kappa shape index (κ3) is 6.93. The molecular formula is C16H24O. The van der Waals surface area contributed by atoms with Crippen molar-refractivity contribution in [3.63, 3.8) is 0 Å². The molecule has 0 amide bonds. The third-order valence-electron chi connectivity index (χ3n) is 3.16. The molecule has 1 heteroatoms. The van der Waals surface area contributed by atoms with Gasteiger partial charge in [0.05, 0.1) is 0 Å². The van der Waals surface area contributed by atoms with E-state index in [1.165, 1.54) is 37.7 Å². The molecule has 0 aliphatic heterocycles. The molecule has 0 aliphatic rings. The van der Waals surface area contributed by atoms with Crippen molar-refractivity contribution in [2.24, 2.45) is 0 Å². The van der Waals surface area contributed by atoms with Crippen LogP contribution in [0, 0.1) is 0 Å². The minimum absolute atomic E-state index is 0.411. The maximum Gasteiger partial charge on any atom is 0.132 e. The van der Waals surface area contributed by atoms with E-state index in [0.29, 0.717) is 12.2 Å². The number of carbonyl (C=O) groups is 1. The van der Waals surface area contributed by atoms with E-state index in [2.05, 4.69) is 30.3 Å². The first-order chi connectivity index (χ1) is 8.33. The first-order valence-corrected chi connectivity index (χ1v) is 6.88. The van der Waals surface area contributed by atoms with Crippen LogP contribution < -0.4 is 0 Å². The summed E-state index contributed by atoms with van der Waals surface area (Å²) in [7, 11) is 0. The van der Waals surface area contributed by atoms with Gasteiger partial charge in [-0.25, -0.2) is 0 Å². The molecule has 0 fully saturated rings. The topological polar surface area (TPSA) is 17.1 Å². The zero-order chi connectivity index (χ0) is 12.3. The van der Waals surface area contributed by atoms with E-state index in [4.69, 9.17) is 0 Å².